The maximum Gasteiger partial charge on any atom is 0.307 e. The number of nitrogens with zero attached hydrogens (tertiary/aromatic N) is 1. The number of thiazole rings is 1. The fourth-order valence-electron chi connectivity index (χ4n) is 3.57. The molecule has 6 nitrogen and oxygen atoms in total. The van der Waals surface area contributed by atoms with Crippen molar-refractivity contribution in [2.75, 3.05) is 11.9 Å². The first-order chi connectivity index (χ1) is 16.1. The van der Waals surface area contributed by atoms with Gasteiger partial charge in [0.25, 0.3) is 0 Å². The summed E-state index contributed by atoms with van der Waals surface area (Å²) in [6.45, 7) is 0.614. The highest BCUT2D eigenvalue weighted by Gasteiger charge is 2.16. The number of anilines is 2. The summed E-state index contributed by atoms with van der Waals surface area (Å²) >= 11 is 1.60. The summed E-state index contributed by atoms with van der Waals surface area (Å²) in [6.07, 6.45) is 0.939. The van der Waals surface area contributed by atoms with Gasteiger partial charge in [0.2, 0.25) is 0 Å². The van der Waals surface area contributed by atoms with E-state index in [0.717, 1.165) is 37.7 Å². The lowest BCUT2D eigenvalue weighted by Gasteiger charge is -2.14. The Hall–Kier alpha value is -3.55. The second-order valence-electron chi connectivity index (χ2n) is 7.64. The molecule has 2 N–H and O–H groups in total. The minimum Gasteiger partial charge on any atom is -0.481 e. The molecule has 7 heteroatoms. The summed E-state index contributed by atoms with van der Waals surface area (Å²) in [4.78, 5) is 26.5. The molecule has 0 spiro atoms. The molecule has 1 unspecified atom stereocenters. The van der Waals surface area contributed by atoms with Gasteiger partial charge in [-0.1, -0.05) is 65.9 Å². The van der Waals surface area contributed by atoms with Crippen LogP contribution in [0.4, 0.5) is 10.8 Å². The fraction of sp³-hybridized carbons (Fsp3) is 0.192. The zero-order valence-electron chi connectivity index (χ0n) is 17.9. The third kappa shape index (κ3) is 5.83. The lowest BCUT2D eigenvalue weighted by atomic mass is 10.0. The van der Waals surface area contributed by atoms with Crippen molar-refractivity contribution in [3.63, 3.8) is 0 Å². The number of ether oxygens (including phenoxy) is 1. The minimum absolute atomic E-state index is 0.000696. The first-order valence-corrected chi connectivity index (χ1v) is 11.5. The van der Waals surface area contributed by atoms with Crippen molar-refractivity contribution in [2.45, 2.75) is 19.4 Å². The molecule has 1 aromatic heterocycles. The zero-order chi connectivity index (χ0) is 23.0. The molecule has 0 bridgehead atoms. The predicted molar refractivity (Wildman–Crippen MR) is 131 cm³/mol. The quantitative estimate of drug-likeness (QED) is 0.214. The highest BCUT2D eigenvalue weighted by atomic mass is 32.1. The van der Waals surface area contributed by atoms with Crippen LogP contribution in [-0.2, 0) is 20.9 Å². The van der Waals surface area contributed by atoms with Gasteiger partial charge >= 0.3 is 5.97 Å². The average Bonchev–Trinajstić information content (AvgIpc) is 3.24. The molecule has 33 heavy (non-hydrogen) atoms. The Bertz CT molecular complexity index is 1210. The van der Waals surface area contributed by atoms with Gasteiger partial charge in [0.1, 0.15) is 6.29 Å². The normalized spacial score (nSPS) is 11.9. The van der Waals surface area contributed by atoms with Crippen molar-refractivity contribution in [1.82, 2.24) is 4.98 Å². The van der Waals surface area contributed by atoms with Crippen LogP contribution in [0.25, 0.3) is 21.3 Å². The van der Waals surface area contributed by atoms with E-state index in [1.165, 1.54) is 0 Å². The summed E-state index contributed by atoms with van der Waals surface area (Å²) in [7, 11) is 0. The number of nitrogens with one attached hydrogen (secondary N) is 1. The van der Waals surface area contributed by atoms with E-state index in [9.17, 15) is 9.59 Å². The molecule has 1 heterocycles. The second-order valence-corrected chi connectivity index (χ2v) is 8.67. The number of carbonyl (C=O) groups is 2. The lowest BCUT2D eigenvalue weighted by Crippen LogP contribution is -2.16. The predicted octanol–water partition coefficient (Wildman–Crippen LogP) is 5.90. The minimum atomic E-state index is -0.972. The van der Waals surface area contributed by atoms with E-state index in [1.54, 1.807) is 11.3 Å². The van der Waals surface area contributed by atoms with E-state index in [0.29, 0.717) is 19.3 Å². The van der Waals surface area contributed by atoms with Gasteiger partial charge in [0, 0.05) is 24.3 Å². The number of carboxylic acids is 1. The molecule has 0 aliphatic rings. The van der Waals surface area contributed by atoms with Crippen LogP contribution < -0.4 is 5.32 Å². The molecule has 1 atom stereocenters. The van der Waals surface area contributed by atoms with Crippen molar-refractivity contribution < 1.29 is 19.4 Å². The van der Waals surface area contributed by atoms with E-state index in [4.69, 9.17) is 14.8 Å². The highest BCUT2D eigenvalue weighted by molar-refractivity contribution is 7.22. The molecule has 0 aliphatic heterocycles. The van der Waals surface area contributed by atoms with E-state index in [-0.39, 0.29) is 13.0 Å². The van der Waals surface area contributed by atoms with Gasteiger partial charge in [0.15, 0.2) is 5.13 Å². The number of aldehydes is 1. The molecule has 0 radical (unpaired) electrons. The third-order valence-corrected chi connectivity index (χ3v) is 6.27. The fourth-order valence-corrected chi connectivity index (χ4v) is 4.45. The summed E-state index contributed by atoms with van der Waals surface area (Å²) in [5, 5.41) is 13.4. The van der Waals surface area contributed by atoms with Gasteiger partial charge in [-0.3, -0.25) is 4.79 Å². The lowest BCUT2D eigenvalue weighted by molar-refractivity contribution is -0.143. The number of carboxylic acid groups (broad SMARTS) is 1. The molecule has 0 saturated heterocycles. The number of para-hydroxylation sites is 1. The van der Waals surface area contributed by atoms with Gasteiger partial charge < -0.3 is 20.0 Å². The third-order valence-electron chi connectivity index (χ3n) is 5.31. The molecule has 0 aliphatic carbocycles. The molecule has 3 aromatic carbocycles. The molecule has 0 fully saturated rings. The number of hydrogen-bond acceptors (Lipinski definition) is 6. The number of aliphatic carboxylic acids is 1. The number of benzene rings is 3. The topological polar surface area (TPSA) is 88.5 Å². The SMILES string of the molecule is O=CCC(CCOCc1ccc(-c2ccccc2)c(Nc2nc3ccccc3s2)c1)C(=O)O. The van der Waals surface area contributed by atoms with Crippen LogP contribution >= 0.6 is 11.3 Å². The Morgan fingerprint density at radius 2 is 1.88 bits per heavy atom. The van der Waals surface area contributed by atoms with Gasteiger partial charge in [-0.05, 0) is 35.7 Å². The molecule has 0 saturated carbocycles. The van der Waals surface area contributed by atoms with Crippen molar-refractivity contribution in [2.24, 2.45) is 5.92 Å². The second kappa shape index (κ2) is 10.8. The number of fused-ring (bicyclic) bond motifs is 1. The van der Waals surface area contributed by atoms with Crippen molar-refractivity contribution >= 4 is 44.6 Å². The average molecular weight is 461 g/mol. The maximum atomic E-state index is 11.2. The van der Waals surface area contributed by atoms with Gasteiger partial charge in [-0.2, -0.15) is 0 Å². The van der Waals surface area contributed by atoms with Crippen LogP contribution in [-0.4, -0.2) is 29.0 Å². The summed E-state index contributed by atoms with van der Waals surface area (Å²) in [5.41, 5.74) is 4.97. The Morgan fingerprint density at radius 1 is 1.09 bits per heavy atom. The Kier molecular flexibility index (Phi) is 7.44. The van der Waals surface area contributed by atoms with Crippen LogP contribution in [0.2, 0.25) is 0 Å². The summed E-state index contributed by atoms with van der Waals surface area (Å²) in [5.74, 6) is -1.68. The highest BCUT2D eigenvalue weighted by Crippen LogP contribution is 2.34. The van der Waals surface area contributed by atoms with Crippen molar-refractivity contribution in [3.8, 4) is 11.1 Å². The smallest absolute Gasteiger partial charge is 0.307 e. The van der Waals surface area contributed by atoms with Crippen LogP contribution in [0.5, 0.6) is 0 Å². The van der Waals surface area contributed by atoms with Crippen LogP contribution in [0.15, 0.2) is 72.8 Å². The zero-order valence-corrected chi connectivity index (χ0v) is 18.8. The summed E-state index contributed by atoms with van der Waals surface area (Å²) in [6, 6.07) is 24.2. The Labute approximate surface area is 195 Å². The molecule has 168 valence electrons. The Morgan fingerprint density at radius 3 is 2.64 bits per heavy atom. The molecular weight excluding hydrogens is 436 g/mol. The molecule has 0 amide bonds. The number of hydrogen-bond donors (Lipinski definition) is 2. The maximum absolute atomic E-state index is 11.2. The van der Waals surface area contributed by atoms with Gasteiger partial charge in [-0.25, -0.2) is 4.98 Å². The Balaban J connectivity index is 1.52. The first-order valence-electron chi connectivity index (χ1n) is 10.7. The molecule has 4 aromatic rings. The number of carbonyl (C=O) groups excluding carboxylic acids is 1. The van der Waals surface area contributed by atoms with E-state index in [2.05, 4.69) is 29.6 Å². The number of aromatic nitrogens is 1. The van der Waals surface area contributed by atoms with E-state index >= 15 is 0 Å². The molecule has 4 rings (SSSR count). The van der Waals surface area contributed by atoms with Crippen molar-refractivity contribution in [3.05, 3.63) is 78.4 Å². The molecular formula is C26H24N2O4S. The van der Waals surface area contributed by atoms with Crippen LogP contribution in [0.1, 0.15) is 18.4 Å². The van der Waals surface area contributed by atoms with Gasteiger partial charge in [0.05, 0.1) is 22.7 Å². The van der Waals surface area contributed by atoms with E-state index < -0.39 is 11.9 Å². The van der Waals surface area contributed by atoms with Crippen molar-refractivity contribution in [1.29, 1.82) is 0 Å². The summed E-state index contributed by atoms with van der Waals surface area (Å²) < 4.78 is 6.84. The van der Waals surface area contributed by atoms with Gasteiger partial charge in [-0.15, -0.1) is 0 Å². The van der Waals surface area contributed by atoms with Crippen LogP contribution in [0.3, 0.4) is 0 Å². The number of rotatable bonds is 11. The standard InChI is InChI=1S/C26H24N2O4S/c29-14-12-20(25(30)31)13-15-32-17-18-10-11-21(19-6-2-1-3-7-19)23(16-18)28-26-27-22-8-4-5-9-24(22)33-26/h1-11,14,16,20H,12-13,15,17H2,(H,27,28)(H,30,31). The first kappa shape index (κ1) is 22.6. The van der Waals surface area contributed by atoms with E-state index in [1.807, 2.05) is 48.5 Å². The monoisotopic (exact) mass is 460 g/mol. The van der Waals surface area contributed by atoms with Crippen LogP contribution in [0, 0.1) is 5.92 Å². The largest absolute Gasteiger partial charge is 0.481 e.